The van der Waals surface area contributed by atoms with Crippen molar-refractivity contribution in [1.82, 2.24) is 9.96 Å². The third-order valence-corrected chi connectivity index (χ3v) is 11.8. The number of carbonyl (C=O) groups is 1. The van der Waals surface area contributed by atoms with Gasteiger partial charge in [0.25, 0.3) is 0 Å². The molecule has 9 heteroatoms. The number of ether oxygens (including phenoxy) is 4. The maximum Gasteiger partial charge on any atom is 0.306 e. The number of aliphatic hydroxyl groups is 1. The van der Waals surface area contributed by atoms with Crippen LogP contribution in [0.4, 0.5) is 0 Å². The zero-order chi connectivity index (χ0) is 36.9. The van der Waals surface area contributed by atoms with Crippen LogP contribution in [0.25, 0.3) is 0 Å². The van der Waals surface area contributed by atoms with Crippen molar-refractivity contribution in [3.8, 4) is 0 Å². The van der Waals surface area contributed by atoms with Crippen LogP contribution >= 0.6 is 0 Å². The highest BCUT2D eigenvalue weighted by molar-refractivity contribution is 5.69. The fourth-order valence-electron chi connectivity index (χ4n) is 9.04. The molecule has 3 aliphatic heterocycles. The Morgan fingerprint density at radius 3 is 1.94 bits per heavy atom. The van der Waals surface area contributed by atoms with Gasteiger partial charge in [-0.05, 0) is 80.1 Å². The van der Waals surface area contributed by atoms with E-state index >= 15 is 0 Å². The summed E-state index contributed by atoms with van der Waals surface area (Å²) >= 11 is 0. The SMILES string of the molecule is CCCON1C(C)(C)CC2(CC1(C)C)OCC(C)(COCC(O)CN1C(C)(C)CC(OC(=O)CCCCC(C)(CC)CC)CC1(C)C)CO2. The minimum atomic E-state index is -0.652. The molecule has 288 valence electrons. The molecule has 3 rings (SSSR count). The summed E-state index contributed by atoms with van der Waals surface area (Å²) in [6.07, 6.45) is 9.06. The normalized spacial score (nSPS) is 25.7. The van der Waals surface area contributed by atoms with Crippen molar-refractivity contribution in [1.29, 1.82) is 0 Å². The number of esters is 1. The van der Waals surface area contributed by atoms with Crippen molar-refractivity contribution in [3.63, 3.8) is 0 Å². The van der Waals surface area contributed by atoms with E-state index in [1.807, 2.05) is 0 Å². The number of hydrogen-bond donors (Lipinski definition) is 1. The summed E-state index contributed by atoms with van der Waals surface area (Å²) in [7, 11) is 0. The summed E-state index contributed by atoms with van der Waals surface area (Å²) in [5.74, 6) is -0.733. The lowest BCUT2D eigenvalue weighted by Crippen LogP contribution is -2.68. The van der Waals surface area contributed by atoms with E-state index in [4.69, 9.17) is 23.8 Å². The van der Waals surface area contributed by atoms with E-state index in [-0.39, 0.29) is 46.3 Å². The van der Waals surface area contributed by atoms with Crippen LogP contribution < -0.4 is 0 Å². The van der Waals surface area contributed by atoms with Gasteiger partial charge in [0, 0.05) is 66.2 Å². The summed E-state index contributed by atoms with van der Waals surface area (Å²) in [5.41, 5.74) is -0.912. The minimum Gasteiger partial charge on any atom is -0.462 e. The van der Waals surface area contributed by atoms with Crippen LogP contribution in [-0.4, -0.2) is 101 Å². The highest BCUT2D eigenvalue weighted by atomic mass is 16.7. The Balaban J connectivity index is 1.45. The Bertz CT molecular complexity index is 1010. The number of β-amino-alcohol motifs (C(OH)–C–C–N with tert-alkyl or cyclic N) is 1. The molecule has 0 aromatic heterocycles. The second kappa shape index (κ2) is 16.5. The lowest BCUT2D eigenvalue weighted by atomic mass is 9.77. The first-order valence-electron chi connectivity index (χ1n) is 19.5. The van der Waals surface area contributed by atoms with E-state index in [1.54, 1.807) is 0 Å². The molecule has 3 fully saturated rings. The average molecular weight is 697 g/mol. The first-order valence-corrected chi connectivity index (χ1v) is 19.5. The zero-order valence-electron chi connectivity index (χ0n) is 34.0. The standard InChI is InChI=1S/C40H76N2O7/c1-14-21-48-42-36(8,9)26-40(27-37(42,10)11)46-29-39(13,30-47-40)28-45-25-31(43)24-41-34(4,5)22-32(23-35(41,6)7)49-33(44)19-17-18-20-38(12,15-2)16-3/h31-32,43H,14-30H2,1-13H3. The van der Waals surface area contributed by atoms with Crippen molar-refractivity contribution >= 4 is 5.97 Å². The topological polar surface area (TPSA) is 89.9 Å². The maximum absolute atomic E-state index is 12.8. The third kappa shape index (κ3) is 11.3. The molecule has 49 heavy (non-hydrogen) atoms. The van der Waals surface area contributed by atoms with Gasteiger partial charge < -0.3 is 24.1 Å². The molecule has 0 saturated carbocycles. The first kappa shape index (κ1) is 42.6. The molecule has 0 radical (unpaired) electrons. The molecule has 0 aromatic rings. The molecule has 1 unspecified atom stereocenters. The number of aliphatic hydroxyl groups excluding tert-OH is 1. The summed E-state index contributed by atoms with van der Waals surface area (Å²) in [4.78, 5) is 21.4. The number of piperidine rings is 2. The second-order valence-electron chi connectivity index (χ2n) is 19.1. The van der Waals surface area contributed by atoms with Crippen molar-refractivity contribution in [2.24, 2.45) is 10.8 Å². The van der Waals surface area contributed by atoms with Crippen LogP contribution in [0.3, 0.4) is 0 Å². The van der Waals surface area contributed by atoms with Crippen LogP contribution in [0.15, 0.2) is 0 Å². The Kier molecular flexibility index (Phi) is 14.3. The van der Waals surface area contributed by atoms with Gasteiger partial charge in [0.1, 0.15) is 6.10 Å². The maximum atomic E-state index is 12.8. The average Bonchev–Trinajstić information content (AvgIpc) is 2.97. The van der Waals surface area contributed by atoms with Crippen molar-refractivity contribution in [2.45, 2.75) is 201 Å². The van der Waals surface area contributed by atoms with Gasteiger partial charge in [-0.25, -0.2) is 0 Å². The Labute approximate surface area is 300 Å². The van der Waals surface area contributed by atoms with Gasteiger partial charge in [-0.1, -0.05) is 53.9 Å². The molecule has 1 atom stereocenters. The summed E-state index contributed by atoms with van der Waals surface area (Å²) in [6.45, 7) is 31.6. The molecule has 0 amide bonds. The molecule has 1 N–H and O–H groups in total. The number of nitrogens with zero attached hydrogens (tertiary/aromatic N) is 2. The van der Waals surface area contributed by atoms with E-state index in [1.165, 1.54) is 12.8 Å². The highest BCUT2D eigenvalue weighted by Gasteiger charge is 2.57. The van der Waals surface area contributed by atoms with E-state index < -0.39 is 11.9 Å². The molecule has 3 heterocycles. The first-order chi connectivity index (χ1) is 22.6. The molecule has 3 aliphatic rings. The lowest BCUT2D eigenvalue weighted by Gasteiger charge is -2.59. The van der Waals surface area contributed by atoms with Crippen molar-refractivity contribution in [3.05, 3.63) is 0 Å². The molecule has 9 nitrogen and oxygen atoms in total. The quantitative estimate of drug-likeness (QED) is 0.120. The zero-order valence-corrected chi connectivity index (χ0v) is 34.0. The van der Waals surface area contributed by atoms with Crippen LogP contribution in [0, 0.1) is 10.8 Å². The van der Waals surface area contributed by atoms with Gasteiger partial charge in [0.15, 0.2) is 5.79 Å². The number of carbonyl (C=O) groups excluding carboxylic acids is 1. The molecular formula is C40H76N2O7. The monoisotopic (exact) mass is 697 g/mol. The smallest absolute Gasteiger partial charge is 0.306 e. The Morgan fingerprint density at radius 2 is 1.43 bits per heavy atom. The van der Waals surface area contributed by atoms with Crippen molar-refractivity contribution in [2.75, 3.05) is 39.6 Å². The molecule has 1 spiro atoms. The Hall–Kier alpha value is -0.810. The fraction of sp³-hybridized carbons (Fsp3) is 0.975. The van der Waals surface area contributed by atoms with Gasteiger partial charge in [0.2, 0.25) is 0 Å². The summed E-state index contributed by atoms with van der Waals surface area (Å²) in [6, 6.07) is 0. The summed E-state index contributed by atoms with van der Waals surface area (Å²) < 4.78 is 25.4. The van der Waals surface area contributed by atoms with Crippen LogP contribution in [0.2, 0.25) is 0 Å². The molecular weight excluding hydrogens is 620 g/mol. The predicted molar refractivity (Wildman–Crippen MR) is 196 cm³/mol. The number of rotatable bonds is 17. The number of hydroxylamine groups is 2. The fourth-order valence-corrected chi connectivity index (χ4v) is 9.04. The van der Waals surface area contributed by atoms with E-state index in [0.29, 0.717) is 44.8 Å². The molecule has 0 aromatic carbocycles. The van der Waals surface area contributed by atoms with E-state index in [9.17, 15) is 9.90 Å². The predicted octanol–water partition coefficient (Wildman–Crippen LogP) is 8.06. The van der Waals surface area contributed by atoms with Gasteiger partial charge in [-0.3, -0.25) is 14.5 Å². The molecule has 3 saturated heterocycles. The number of likely N-dealkylation sites (tertiary alicyclic amines) is 1. The van der Waals surface area contributed by atoms with Gasteiger partial charge in [0.05, 0.1) is 39.1 Å². The second-order valence-corrected chi connectivity index (χ2v) is 19.1. The van der Waals surface area contributed by atoms with Gasteiger partial charge in [-0.2, -0.15) is 5.06 Å². The number of unbranched alkanes of at least 4 members (excludes halogenated alkanes) is 1. The summed E-state index contributed by atoms with van der Waals surface area (Å²) in [5, 5.41) is 13.3. The van der Waals surface area contributed by atoms with Gasteiger partial charge in [-0.15, -0.1) is 0 Å². The van der Waals surface area contributed by atoms with E-state index in [0.717, 1.165) is 51.4 Å². The van der Waals surface area contributed by atoms with Crippen LogP contribution in [0.5, 0.6) is 0 Å². The molecule has 0 bridgehead atoms. The third-order valence-electron chi connectivity index (χ3n) is 11.8. The minimum absolute atomic E-state index is 0.0813. The van der Waals surface area contributed by atoms with Crippen LogP contribution in [-0.2, 0) is 28.6 Å². The van der Waals surface area contributed by atoms with Gasteiger partial charge >= 0.3 is 5.97 Å². The van der Waals surface area contributed by atoms with Crippen LogP contribution in [0.1, 0.15) is 161 Å². The lowest BCUT2D eigenvalue weighted by molar-refractivity contribution is -0.383. The van der Waals surface area contributed by atoms with Crippen molar-refractivity contribution < 1.29 is 33.7 Å². The van der Waals surface area contributed by atoms with E-state index in [2.05, 4.69) is 100.0 Å². The Morgan fingerprint density at radius 1 is 0.878 bits per heavy atom. The molecule has 0 aliphatic carbocycles. The number of hydrogen-bond acceptors (Lipinski definition) is 9. The largest absolute Gasteiger partial charge is 0.462 e. The highest BCUT2D eigenvalue weighted by Crippen LogP contribution is 2.49.